The highest BCUT2D eigenvalue weighted by molar-refractivity contribution is 5.90. The summed E-state index contributed by atoms with van der Waals surface area (Å²) >= 11 is 0. The maximum atomic E-state index is 13.4. The lowest BCUT2D eigenvalue weighted by atomic mass is 10.1. The Morgan fingerprint density at radius 2 is 2.24 bits per heavy atom. The van der Waals surface area contributed by atoms with Crippen LogP contribution in [-0.4, -0.2) is 35.8 Å². The number of nitro groups is 1. The molecule has 114 valence electrons. The quantitative estimate of drug-likeness (QED) is 0.314. The number of ether oxygens (including phenoxy) is 1. The van der Waals surface area contributed by atoms with Gasteiger partial charge in [-0.25, -0.2) is 9.18 Å². The largest absolute Gasteiger partial charge is 0.478 e. The van der Waals surface area contributed by atoms with Gasteiger partial charge in [-0.3, -0.25) is 10.1 Å². The Balaban J connectivity index is 2.78. The molecule has 0 unspecified atom stereocenters. The number of carboxylic acid groups (broad SMARTS) is 1. The van der Waals surface area contributed by atoms with Crippen LogP contribution in [0, 0.1) is 15.9 Å². The van der Waals surface area contributed by atoms with E-state index in [0.29, 0.717) is 19.1 Å². The molecule has 0 aliphatic heterocycles. The third kappa shape index (κ3) is 4.84. The maximum Gasteiger partial charge on any atom is 0.338 e. The SMILES string of the molecule is C=CCCOCCNc1cc(C(=O)O)c(F)cc1[N+](=O)[O-]. The summed E-state index contributed by atoms with van der Waals surface area (Å²) in [7, 11) is 0. The molecule has 0 atom stereocenters. The molecule has 2 N–H and O–H groups in total. The first-order chi connectivity index (χ1) is 9.97. The molecule has 1 rings (SSSR count). The molecule has 0 fully saturated rings. The zero-order chi connectivity index (χ0) is 15.8. The molecular formula is C13H15FN2O5. The van der Waals surface area contributed by atoms with Gasteiger partial charge in [-0.05, 0) is 12.5 Å². The van der Waals surface area contributed by atoms with Gasteiger partial charge < -0.3 is 15.2 Å². The van der Waals surface area contributed by atoms with Crippen LogP contribution in [0.1, 0.15) is 16.8 Å². The fraction of sp³-hybridized carbons (Fsp3) is 0.308. The number of hydrogen-bond donors (Lipinski definition) is 2. The van der Waals surface area contributed by atoms with Crippen LogP contribution in [0.2, 0.25) is 0 Å². The second-order valence-electron chi connectivity index (χ2n) is 4.03. The summed E-state index contributed by atoms with van der Waals surface area (Å²) in [6.45, 7) is 4.49. The molecule has 0 saturated heterocycles. The van der Waals surface area contributed by atoms with E-state index < -0.39 is 28.0 Å². The standard InChI is InChI=1S/C13H15FN2O5/c1-2-3-5-21-6-4-15-11-7-9(13(17)18)10(14)8-12(11)16(19)20/h2,7-8,15H,1,3-6H2,(H,17,18). The predicted molar refractivity (Wildman–Crippen MR) is 74.1 cm³/mol. The Kier molecular flexibility index (Phi) is 6.28. The predicted octanol–water partition coefficient (Wildman–Crippen LogP) is 2.44. The number of hydrogen-bond acceptors (Lipinski definition) is 5. The van der Waals surface area contributed by atoms with Crippen molar-refractivity contribution in [3.8, 4) is 0 Å². The van der Waals surface area contributed by atoms with Gasteiger partial charge in [0.1, 0.15) is 11.5 Å². The van der Waals surface area contributed by atoms with E-state index in [0.717, 1.165) is 6.07 Å². The molecule has 0 aliphatic rings. The van der Waals surface area contributed by atoms with Crippen LogP contribution in [0.25, 0.3) is 0 Å². The number of rotatable bonds is 9. The highest BCUT2D eigenvalue weighted by Crippen LogP contribution is 2.27. The summed E-state index contributed by atoms with van der Waals surface area (Å²) in [5.74, 6) is -2.64. The van der Waals surface area contributed by atoms with Crippen LogP contribution in [-0.2, 0) is 4.74 Å². The van der Waals surface area contributed by atoms with Gasteiger partial charge in [0.2, 0.25) is 0 Å². The van der Waals surface area contributed by atoms with Crippen molar-refractivity contribution in [3.63, 3.8) is 0 Å². The number of aromatic carboxylic acids is 1. The molecule has 8 heteroatoms. The normalized spacial score (nSPS) is 10.1. The zero-order valence-electron chi connectivity index (χ0n) is 11.2. The van der Waals surface area contributed by atoms with Crippen LogP contribution < -0.4 is 5.32 Å². The van der Waals surface area contributed by atoms with Crippen molar-refractivity contribution < 1.29 is 24.0 Å². The van der Waals surface area contributed by atoms with Gasteiger partial charge in [0.15, 0.2) is 0 Å². The van der Waals surface area contributed by atoms with Crippen LogP contribution in [0.4, 0.5) is 15.8 Å². The molecule has 0 saturated carbocycles. The Morgan fingerprint density at radius 1 is 1.52 bits per heavy atom. The topological polar surface area (TPSA) is 102 Å². The molecule has 1 aromatic carbocycles. The summed E-state index contributed by atoms with van der Waals surface area (Å²) in [5.41, 5.74) is -1.22. The van der Waals surface area contributed by atoms with Crippen molar-refractivity contribution in [2.75, 3.05) is 25.1 Å². The Hall–Kier alpha value is -2.48. The lowest BCUT2D eigenvalue weighted by Crippen LogP contribution is -2.12. The van der Waals surface area contributed by atoms with E-state index in [9.17, 15) is 19.3 Å². The number of benzene rings is 1. The average molecular weight is 298 g/mol. The second-order valence-corrected chi connectivity index (χ2v) is 4.03. The van der Waals surface area contributed by atoms with Crippen molar-refractivity contribution in [1.29, 1.82) is 0 Å². The molecular weight excluding hydrogens is 283 g/mol. The van der Waals surface area contributed by atoms with Crippen LogP contribution in [0.5, 0.6) is 0 Å². The Labute approximate surface area is 120 Å². The molecule has 0 aromatic heterocycles. The first-order valence-electron chi connectivity index (χ1n) is 6.11. The molecule has 1 aromatic rings. The van der Waals surface area contributed by atoms with E-state index in [1.807, 2.05) is 0 Å². The Bertz CT molecular complexity index is 548. The maximum absolute atomic E-state index is 13.4. The first-order valence-corrected chi connectivity index (χ1v) is 6.11. The molecule has 0 aliphatic carbocycles. The molecule has 0 heterocycles. The highest BCUT2D eigenvalue weighted by Gasteiger charge is 2.21. The lowest BCUT2D eigenvalue weighted by molar-refractivity contribution is -0.384. The minimum Gasteiger partial charge on any atom is -0.478 e. The number of anilines is 1. The van der Waals surface area contributed by atoms with Crippen LogP contribution >= 0.6 is 0 Å². The van der Waals surface area contributed by atoms with E-state index in [4.69, 9.17) is 9.84 Å². The number of nitrogens with one attached hydrogen (secondary N) is 1. The van der Waals surface area contributed by atoms with Crippen LogP contribution in [0.15, 0.2) is 24.8 Å². The van der Waals surface area contributed by atoms with E-state index in [1.54, 1.807) is 6.08 Å². The average Bonchev–Trinajstić information content (AvgIpc) is 2.43. The van der Waals surface area contributed by atoms with Gasteiger partial charge >= 0.3 is 5.97 Å². The minimum atomic E-state index is -1.49. The van der Waals surface area contributed by atoms with Gasteiger partial charge in [-0.1, -0.05) is 6.08 Å². The first kappa shape index (κ1) is 16.6. The van der Waals surface area contributed by atoms with E-state index in [1.165, 1.54) is 0 Å². The van der Waals surface area contributed by atoms with Crippen molar-refractivity contribution in [2.24, 2.45) is 0 Å². The van der Waals surface area contributed by atoms with Crippen molar-refractivity contribution in [2.45, 2.75) is 6.42 Å². The monoisotopic (exact) mass is 298 g/mol. The van der Waals surface area contributed by atoms with Gasteiger partial charge in [-0.15, -0.1) is 6.58 Å². The smallest absolute Gasteiger partial charge is 0.338 e. The molecule has 0 spiro atoms. The summed E-state index contributed by atoms with van der Waals surface area (Å²) in [4.78, 5) is 20.9. The molecule has 7 nitrogen and oxygen atoms in total. The number of nitro benzene ring substituents is 1. The molecule has 0 bridgehead atoms. The van der Waals surface area contributed by atoms with Crippen molar-refractivity contribution in [3.05, 3.63) is 46.3 Å². The molecule has 0 amide bonds. The fourth-order valence-corrected chi connectivity index (χ4v) is 1.55. The summed E-state index contributed by atoms with van der Waals surface area (Å²) < 4.78 is 18.6. The summed E-state index contributed by atoms with van der Waals surface area (Å²) in [5, 5.41) is 22.3. The van der Waals surface area contributed by atoms with E-state index in [-0.39, 0.29) is 18.8 Å². The minimum absolute atomic E-state index is 0.0638. The van der Waals surface area contributed by atoms with Crippen molar-refractivity contribution >= 4 is 17.3 Å². The fourth-order valence-electron chi connectivity index (χ4n) is 1.55. The summed E-state index contributed by atoms with van der Waals surface area (Å²) in [6.07, 6.45) is 2.37. The highest BCUT2D eigenvalue weighted by atomic mass is 19.1. The van der Waals surface area contributed by atoms with Gasteiger partial charge in [0.25, 0.3) is 5.69 Å². The molecule has 0 radical (unpaired) electrons. The number of carboxylic acids is 1. The van der Waals surface area contributed by atoms with E-state index >= 15 is 0 Å². The third-order valence-corrected chi connectivity index (χ3v) is 2.54. The number of halogens is 1. The number of carbonyl (C=O) groups is 1. The summed E-state index contributed by atoms with van der Waals surface area (Å²) in [6, 6.07) is 1.49. The van der Waals surface area contributed by atoms with E-state index in [2.05, 4.69) is 11.9 Å². The van der Waals surface area contributed by atoms with Gasteiger partial charge in [-0.2, -0.15) is 0 Å². The van der Waals surface area contributed by atoms with Gasteiger partial charge in [0.05, 0.1) is 29.8 Å². The third-order valence-electron chi connectivity index (χ3n) is 2.54. The number of nitrogens with zero attached hydrogens (tertiary/aromatic N) is 1. The second kappa shape index (κ2) is 7.95. The van der Waals surface area contributed by atoms with Gasteiger partial charge in [0, 0.05) is 6.54 Å². The molecule has 21 heavy (non-hydrogen) atoms. The zero-order valence-corrected chi connectivity index (χ0v) is 11.2. The van der Waals surface area contributed by atoms with Crippen LogP contribution in [0.3, 0.4) is 0 Å². The Morgan fingerprint density at radius 3 is 2.81 bits per heavy atom. The van der Waals surface area contributed by atoms with Crippen molar-refractivity contribution in [1.82, 2.24) is 0 Å². The lowest BCUT2D eigenvalue weighted by Gasteiger charge is -2.09.